The van der Waals surface area contributed by atoms with Crippen LogP contribution in [-0.4, -0.2) is 48.7 Å². The van der Waals surface area contributed by atoms with E-state index in [1.165, 1.54) is 4.31 Å². The van der Waals surface area contributed by atoms with Gasteiger partial charge < -0.3 is 10.8 Å². The van der Waals surface area contributed by atoms with Gasteiger partial charge in [0.05, 0.1) is 12.2 Å². The van der Waals surface area contributed by atoms with Crippen molar-refractivity contribution in [3.8, 4) is 0 Å². The Morgan fingerprint density at radius 2 is 2.19 bits per heavy atom. The molecule has 0 aromatic rings. The number of carboxylic acid groups (broad SMARTS) is 1. The zero-order valence-corrected chi connectivity index (χ0v) is 10.1. The monoisotopic (exact) mass is 250 g/mol. The second-order valence-electron chi connectivity index (χ2n) is 4.22. The Balaban J connectivity index is 2.65. The van der Waals surface area contributed by atoms with Crippen molar-refractivity contribution in [3.05, 3.63) is 0 Å². The van der Waals surface area contributed by atoms with Crippen LogP contribution in [0.4, 0.5) is 0 Å². The fourth-order valence-corrected chi connectivity index (χ4v) is 3.74. The second-order valence-corrected chi connectivity index (χ2v) is 6.26. The van der Waals surface area contributed by atoms with E-state index in [1.54, 1.807) is 0 Å². The molecule has 1 rings (SSSR count). The SMILES string of the molecule is CC1CC(CN)CN1S(=O)(=O)CCC(=O)O. The van der Waals surface area contributed by atoms with Gasteiger partial charge in [-0.3, -0.25) is 4.79 Å². The number of carboxylic acids is 1. The first-order valence-electron chi connectivity index (χ1n) is 5.28. The Hall–Kier alpha value is -0.660. The van der Waals surface area contributed by atoms with Gasteiger partial charge in [0.15, 0.2) is 0 Å². The molecule has 0 aromatic heterocycles. The van der Waals surface area contributed by atoms with Crippen LogP contribution in [0.5, 0.6) is 0 Å². The third-order valence-corrected chi connectivity index (χ3v) is 4.81. The number of nitrogens with two attached hydrogens (primary N) is 1. The standard InChI is InChI=1S/C9H18N2O4S/c1-7-4-8(5-10)6-11(7)16(14,15)3-2-9(12)13/h7-8H,2-6,10H2,1H3,(H,12,13). The van der Waals surface area contributed by atoms with Crippen LogP contribution >= 0.6 is 0 Å². The summed E-state index contributed by atoms with van der Waals surface area (Å²) in [6.45, 7) is 2.71. The van der Waals surface area contributed by atoms with Crippen LogP contribution in [0.15, 0.2) is 0 Å². The van der Waals surface area contributed by atoms with E-state index in [-0.39, 0.29) is 24.1 Å². The lowest BCUT2D eigenvalue weighted by Crippen LogP contribution is -2.36. The molecule has 16 heavy (non-hydrogen) atoms. The molecule has 2 atom stereocenters. The minimum Gasteiger partial charge on any atom is -0.481 e. The van der Waals surface area contributed by atoms with Gasteiger partial charge in [-0.15, -0.1) is 0 Å². The molecule has 2 unspecified atom stereocenters. The lowest BCUT2D eigenvalue weighted by molar-refractivity contribution is -0.136. The smallest absolute Gasteiger partial charge is 0.304 e. The average Bonchev–Trinajstić information content (AvgIpc) is 2.57. The molecule has 1 aliphatic heterocycles. The van der Waals surface area contributed by atoms with Crippen molar-refractivity contribution in [1.29, 1.82) is 0 Å². The molecule has 1 fully saturated rings. The van der Waals surface area contributed by atoms with E-state index in [9.17, 15) is 13.2 Å². The molecule has 6 nitrogen and oxygen atoms in total. The minimum atomic E-state index is -3.45. The maximum Gasteiger partial charge on any atom is 0.304 e. The lowest BCUT2D eigenvalue weighted by Gasteiger charge is -2.20. The quantitative estimate of drug-likeness (QED) is 0.682. The van der Waals surface area contributed by atoms with E-state index in [4.69, 9.17) is 10.8 Å². The minimum absolute atomic E-state index is 0.0765. The van der Waals surface area contributed by atoms with Gasteiger partial charge in [0.25, 0.3) is 0 Å². The molecule has 1 saturated heterocycles. The van der Waals surface area contributed by atoms with Gasteiger partial charge in [-0.1, -0.05) is 0 Å². The molecule has 7 heteroatoms. The van der Waals surface area contributed by atoms with Crippen molar-refractivity contribution in [3.63, 3.8) is 0 Å². The first kappa shape index (κ1) is 13.4. The van der Waals surface area contributed by atoms with Crippen LogP contribution in [-0.2, 0) is 14.8 Å². The summed E-state index contributed by atoms with van der Waals surface area (Å²) in [6.07, 6.45) is 0.404. The summed E-state index contributed by atoms with van der Waals surface area (Å²) >= 11 is 0. The number of rotatable bonds is 5. The molecule has 3 N–H and O–H groups in total. The first-order valence-corrected chi connectivity index (χ1v) is 6.89. The number of carbonyl (C=O) groups is 1. The molecule has 1 aliphatic rings. The van der Waals surface area contributed by atoms with Crippen LogP contribution in [0.3, 0.4) is 0 Å². The summed E-state index contributed by atoms with van der Waals surface area (Å²) in [5.74, 6) is -1.23. The van der Waals surface area contributed by atoms with E-state index in [0.717, 1.165) is 6.42 Å². The zero-order chi connectivity index (χ0) is 12.3. The predicted octanol–water partition coefficient (Wildman–Crippen LogP) is -0.540. The Labute approximate surface area is 95.5 Å². The van der Waals surface area contributed by atoms with Crippen LogP contribution in [0.1, 0.15) is 19.8 Å². The zero-order valence-electron chi connectivity index (χ0n) is 9.30. The summed E-state index contributed by atoms with van der Waals surface area (Å²) in [6, 6.07) is -0.0765. The summed E-state index contributed by atoms with van der Waals surface area (Å²) in [7, 11) is -3.45. The molecular formula is C9H18N2O4S. The fourth-order valence-electron chi connectivity index (χ4n) is 2.00. The third kappa shape index (κ3) is 3.16. The molecule has 0 aromatic carbocycles. The van der Waals surface area contributed by atoms with Gasteiger partial charge in [0.2, 0.25) is 10.0 Å². The normalized spacial score (nSPS) is 27.1. The van der Waals surface area contributed by atoms with E-state index in [2.05, 4.69) is 0 Å². The van der Waals surface area contributed by atoms with E-state index in [0.29, 0.717) is 13.1 Å². The molecule has 0 bridgehead atoms. The van der Waals surface area contributed by atoms with Crippen LogP contribution in [0.25, 0.3) is 0 Å². The Kier molecular flexibility index (Phi) is 4.28. The van der Waals surface area contributed by atoms with Crippen LogP contribution in [0.2, 0.25) is 0 Å². The highest BCUT2D eigenvalue weighted by Crippen LogP contribution is 2.25. The van der Waals surface area contributed by atoms with E-state index in [1.807, 2.05) is 6.92 Å². The first-order chi connectivity index (χ1) is 7.36. The van der Waals surface area contributed by atoms with Crippen molar-refractivity contribution in [2.24, 2.45) is 11.7 Å². The van der Waals surface area contributed by atoms with Crippen LogP contribution < -0.4 is 5.73 Å². The lowest BCUT2D eigenvalue weighted by atomic mass is 10.1. The van der Waals surface area contributed by atoms with E-state index >= 15 is 0 Å². The van der Waals surface area contributed by atoms with Crippen molar-refractivity contribution in [2.75, 3.05) is 18.8 Å². The number of hydrogen-bond donors (Lipinski definition) is 2. The Bertz CT molecular complexity index is 355. The summed E-state index contributed by atoms with van der Waals surface area (Å²) in [4.78, 5) is 10.4. The summed E-state index contributed by atoms with van der Waals surface area (Å²) < 4.78 is 25.0. The average molecular weight is 250 g/mol. The fraction of sp³-hybridized carbons (Fsp3) is 0.889. The largest absolute Gasteiger partial charge is 0.481 e. The summed E-state index contributed by atoms with van der Waals surface area (Å²) in [5, 5.41) is 8.48. The van der Waals surface area contributed by atoms with Crippen molar-refractivity contribution < 1.29 is 18.3 Å². The van der Waals surface area contributed by atoms with Crippen molar-refractivity contribution in [1.82, 2.24) is 4.31 Å². The van der Waals surface area contributed by atoms with Gasteiger partial charge in [0.1, 0.15) is 0 Å². The highest BCUT2D eigenvalue weighted by molar-refractivity contribution is 7.89. The maximum atomic E-state index is 11.8. The molecule has 0 saturated carbocycles. The highest BCUT2D eigenvalue weighted by atomic mass is 32.2. The number of nitrogens with zero attached hydrogens (tertiary/aromatic N) is 1. The van der Waals surface area contributed by atoms with Gasteiger partial charge >= 0.3 is 5.97 Å². The van der Waals surface area contributed by atoms with Crippen molar-refractivity contribution in [2.45, 2.75) is 25.8 Å². The van der Waals surface area contributed by atoms with Crippen molar-refractivity contribution >= 4 is 16.0 Å². The number of sulfonamides is 1. The third-order valence-electron chi connectivity index (χ3n) is 2.87. The second kappa shape index (κ2) is 5.11. The molecule has 0 amide bonds. The molecule has 0 radical (unpaired) electrons. The summed E-state index contributed by atoms with van der Waals surface area (Å²) in [5.41, 5.74) is 5.51. The maximum absolute atomic E-state index is 11.8. The van der Waals surface area contributed by atoms with E-state index < -0.39 is 16.0 Å². The van der Waals surface area contributed by atoms with Gasteiger partial charge in [-0.2, -0.15) is 4.31 Å². The molecule has 1 heterocycles. The van der Waals surface area contributed by atoms with Crippen LogP contribution in [0, 0.1) is 5.92 Å². The number of hydrogen-bond acceptors (Lipinski definition) is 4. The number of aliphatic carboxylic acids is 1. The predicted molar refractivity (Wildman–Crippen MR) is 59.4 cm³/mol. The molecule has 94 valence electrons. The topological polar surface area (TPSA) is 101 Å². The molecule has 0 spiro atoms. The van der Waals surface area contributed by atoms with Gasteiger partial charge in [-0.05, 0) is 25.8 Å². The molecular weight excluding hydrogens is 232 g/mol. The van der Waals surface area contributed by atoms with Gasteiger partial charge in [0, 0.05) is 12.6 Å². The van der Waals surface area contributed by atoms with Gasteiger partial charge in [-0.25, -0.2) is 8.42 Å². The Morgan fingerprint density at radius 3 is 2.62 bits per heavy atom. The molecule has 0 aliphatic carbocycles. The highest BCUT2D eigenvalue weighted by Gasteiger charge is 2.36. The Morgan fingerprint density at radius 1 is 1.56 bits per heavy atom.